The lowest BCUT2D eigenvalue weighted by molar-refractivity contribution is 0.178. The number of nitrogens with zero attached hydrogens (tertiary/aromatic N) is 1. The van der Waals surface area contributed by atoms with Crippen molar-refractivity contribution in [2.75, 3.05) is 26.7 Å². The number of hydrogen-bond donors (Lipinski definition) is 1. The minimum Gasteiger partial charge on any atom is -0.497 e. The summed E-state index contributed by atoms with van der Waals surface area (Å²) >= 11 is 0. The third kappa shape index (κ3) is 3.85. The monoisotopic (exact) mass is 282 g/mol. The molecular formula is C15H23ClN2O. The second kappa shape index (κ2) is 6.60. The van der Waals surface area contributed by atoms with Crippen LogP contribution in [0.2, 0.25) is 0 Å². The molecule has 0 radical (unpaired) electrons. The smallest absolute Gasteiger partial charge is 0.118 e. The van der Waals surface area contributed by atoms with Gasteiger partial charge in [-0.2, -0.15) is 0 Å². The third-order valence-electron chi connectivity index (χ3n) is 3.97. The number of methoxy groups -OCH3 is 1. The van der Waals surface area contributed by atoms with Gasteiger partial charge >= 0.3 is 0 Å². The van der Waals surface area contributed by atoms with Crippen LogP contribution in [-0.4, -0.2) is 37.7 Å². The van der Waals surface area contributed by atoms with Crippen LogP contribution in [0.1, 0.15) is 18.4 Å². The minimum absolute atomic E-state index is 0. The first-order valence-electron chi connectivity index (χ1n) is 6.93. The first kappa shape index (κ1) is 14.6. The number of hydrogen-bond acceptors (Lipinski definition) is 3. The minimum atomic E-state index is 0. The molecule has 0 unspecified atom stereocenters. The van der Waals surface area contributed by atoms with Crippen LogP contribution in [0.5, 0.6) is 5.75 Å². The number of halogens is 1. The summed E-state index contributed by atoms with van der Waals surface area (Å²) in [4.78, 5) is 2.66. The Kier molecular flexibility index (Phi) is 5.08. The van der Waals surface area contributed by atoms with Crippen molar-refractivity contribution in [2.45, 2.75) is 25.4 Å². The van der Waals surface area contributed by atoms with E-state index in [0.29, 0.717) is 0 Å². The molecule has 0 aromatic heterocycles. The highest BCUT2D eigenvalue weighted by molar-refractivity contribution is 5.85. The lowest BCUT2D eigenvalue weighted by Crippen LogP contribution is -2.48. The van der Waals surface area contributed by atoms with Gasteiger partial charge in [-0.3, -0.25) is 4.90 Å². The van der Waals surface area contributed by atoms with Crippen molar-refractivity contribution in [1.82, 2.24) is 10.2 Å². The molecule has 1 saturated carbocycles. The van der Waals surface area contributed by atoms with Crippen LogP contribution >= 0.6 is 12.4 Å². The van der Waals surface area contributed by atoms with E-state index in [2.05, 4.69) is 34.5 Å². The lowest BCUT2D eigenvalue weighted by atomic mass is 10.0. The van der Waals surface area contributed by atoms with Gasteiger partial charge in [0, 0.05) is 32.2 Å². The second-order valence-electron chi connectivity index (χ2n) is 5.53. The molecule has 4 heteroatoms. The highest BCUT2D eigenvalue weighted by atomic mass is 35.5. The molecule has 2 fully saturated rings. The van der Waals surface area contributed by atoms with E-state index in [1.54, 1.807) is 7.11 Å². The zero-order valence-electron chi connectivity index (χ0n) is 11.5. The normalized spacial score (nSPS) is 18.8. The maximum absolute atomic E-state index is 5.20. The Morgan fingerprint density at radius 3 is 2.37 bits per heavy atom. The van der Waals surface area contributed by atoms with Crippen molar-refractivity contribution in [1.29, 1.82) is 0 Å². The van der Waals surface area contributed by atoms with Crippen LogP contribution in [-0.2, 0) is 6.54 Å². The van der Waals surface area contributed by atoms with Gasteiger partial charge in [0.15, 0.2) is 0 Å². The molecule has 1 aliphatic heterocycles. The molecule has 0 amide bonds. The van der Waals surface area contributed by atoms with E-state index in [0.717, 1.165) is 24.3 Å². The zero-order chi connectivity index (χ0) is 12.4. The number of benzene rings is 1. The molecule has 0 spiro atoms. The Bertz CT molecular complexity index is 388. The molecule has 106 valence electrons. The summed E-state index contributed by atoms with van der Waals surface area (Å²) in [6, 6.07) is 9.34. The predicted octanol–water partition coefficient (Wildman–Crippen LogP) is 2.30. The first-order chi connectivity index (χ1) is 8.85. The molecular weight excluding hydrogens is 260 g/mol. The molecule has 3 nitrogen and oxygen atoms in total. The van der Waals surface area contributed by atoms with Gasteiger partial charge in [-0.25, -0.2) is 0 Å². The summed E-state index contributed by atoms with van der Waals surface area (Å²) in [5.74, 6) is 1.81. The van der Waals surface area contributed by atoms with Gasteiger partial charge in [-0.15, -0.1) is 12.4 Å². The van der Waals surface area contributed by atoms with Crippen LogP contribution in [0, 0.1) is 5.92 Å². The molecule has 1 N–H and O–H groups in total. The van der Waals surface area contributed by atoms with E-state index < -0.39 is 0 Å². The quantitative estimate of drug-likeness (QED) is 0.866. The van der Waals surface area contributed by atoms with Crippen molar-refractivity contribution >= 4 is 12.4 Å². The van der Waals surface area contributed by atoms with E-state index >= 15 is 0 Å². The summed E-state index contributed by atoms with van der Waals surface area (Å²) in [7, 11) is 1.72. The molecule has 19 heavy (non-hydrogen) atoms. The van der Waals surface area contributed by atoms with Crippen LogP contribution in [0.15, 0.2) is 24.3 Å². The fourth-order valence-corrected chi connectivity index (χ4v) is 2.56. The number of nitrogens with one attached hydrogen (secondary N) is 1. The van der Waals surface area contributed by atoms with E-state index in [1.807, 2.05) is 0 Å². The topological polar surface area (TPSA) is 24.5 Å². The lowest BCUT2D eigenvalue weighted by Gasteiger charge is -2.33. The highest BCUT2D eigenvalue weighted by Gasteiger charge is 2.31. The third-order valence-corrected chi connectivity index (χ3v) is 3.97. The highest BCUT2D eigenvalue weighted by Crippen LogP contribution is 2.29. The standard InChI is InChI=1S/C15H22N2O.ClH/c1-18-15-6-2-12(3-7-15)10-17(14-4-5-14)11-13-8-16-9-13;/h2-3,6-7,13-14,16H,4-5,8-11H2,1H3;1H. The van der Waals surface area contributed by atoms with Gasteiger partial charge < -0.3 is 10.1 Å². The Labute approximate surface area is 121 Å². The van der Waals surface area contributed by atoms with Crippen LogP contribution in [0.25, 0.3) is 0 Å². The Morgan fingerprint density at radius 1 is 1.21 bits per heavy atom. The van der Waals surface area contributed by atoms with Crippen molar-refractivity contribution in [2.24, 2.45) is 5.92 Å². The molecule has 3 rings (SSSR count). The van der Waals surface area contributed by atoms with Crippen LogP contribution in [0.4, 0.5) is 0 Å². The second-order valence-corrected chi connectivity index (χ2v) is 5.53. The van der Waals surface area contributed by atoms with Crippen molar-refractivity contribution in [3.63, 3.8) is 0 Å². The Balaban J connectivity index is 0.00000133. The molecule has 1 heterocycles. The number of rotatable bonds is 6. The first-order valence-corrected chi connectivity index (χ1v) is 6.93. The maximum Gasteiger partial charge on any atom is 0.118 e. The molecule has 1 saturated heterocycles. The van der Waals surface area contributed by atoms with Crippen molar-refractivity contribution < 1.29 is 4.74 Å². The van der Waals surface area contributed by atoms with Crippen LogP contribution in [0.3, 0.4) is 0 Å². The maximum atomic E-state index is 5.20. The summed E-state index contributed by atoms with van der Waals surface area (Å²) < 4.78 is 5.20. The summed E-state index contributed by atoms with van der Waals surface area (Å²) in [5, 5.41) is 3.36. The molecule has 0 bridgehead atoms. The van der Waals surface area contributed by atoms with Gasteiger partial charge in [-0.1, -0.05) is 12.1 Å². The van der Waals surface area contributed by atoms with E-state index in [4.69, 9.17) is 4.74 Å². The van der Waals surface area contributed by atoms with E-state index in [-0.39, 0.29) is 12.4 Å². The van der Waals surface area contributed by atoms with Crippen molar-refractivity contribution in [3.05, 3.63) is 29.8 Å². The summed E-state index contributed by atoms with van der Waals surface area (Å²) in [6.45, 7) is 4.74. The van der Waals surface area contributed by atoms with Gasteiger partial charge in [0.05, 0.1) is 7.11 Å². The molecule has 1 aliphatic carbocycles. The van der Waals surface area contributed by atoms with Crippen LogP contribution < -0.4 is 10.1 Å². The molecule has 0 atom stereocenters. The average Bonchev–Trinajstić information content (AvgIpc) is 3.17. The summed E-state index contributed by atoms with van der Waals surface area (Å²) in [5.41, 5.74) is 1.40. The van der Waals surface area contributed by atoms with Gasteiger partial charge in [0.25, 0.3) is 0 Å². The largest absolute Gasteiger partial charge is 0.497 e. The fourth-order valence-electron chi connectivity index (χ4n) is 2.56. The summed E-state index contributed by atoms with van der Waals surface area (Å²) in [6.07, 6.45) is 2.77. The zero-order valence-corrected chi connectivity index (χ0v) is 12.3. The molecule has 1 aromatic carbocycles. The fraction of sp³-hybridized carbons (Fsp3) is 0.600. The Morgan fingerprint density at radius 2 is 1.89 bits per heavy atom. The van der Waals surface area contributed by atoms with Gasteiger partial charge in [0.2, 0.25) is 0 Å². The Hall–Kier alpha value is -0.770. The van der Waals surface area contributed by atoms with Gasteiger partial charge in [-0.05, 0) is 36.5 Å². The van der Waals surface area contributed by atoms with Gasteiger partial charge in [0.1, 0.15) is 5.75 Å². The number of ether oxygens (including phenoxy) is 1. The molecule has 1 aromatic rings. The SMILES string of the molecule is COc1ccc(CN(CC2CNC2)C2CC2)cc1.Cl. The van der Waals surface area contributed by atoms with E-state index in [9.17, 15) is 0 Å². The van der Waals surface area contributed by atoms with E-state index in [1.165, 1.54) is 38.0 Å². The van der Waals surface area contributed by atoms with Crippen molar-refractivity contribution in [3.8, 4) is 5.75 Å². The predicted molar refractivity (Wildman–Crippen MR) is 80.0 cm³/mol. The molecule has 2 aliphatic rings. The average molecular weight is 283 g/mol.